The van der Waals surface area contributed by atoms with Crippen LogP contribution in [0.15, 0.2) is 0 Å². The van der Waals surface area contributed by atoms with Crippen molar-refractivity contribution in [3.8, 4) is 6.07 Å². The third-order valence-electron chi connectivity index (χ3n) is 2.80. The van der Waals surface area contributed by atoms with Crippen molar-refractivity contribution in [3.05, 3.63) is 16.8 Å². The van der Waals surface area contributed by atoms with Gasteiger partial charge >= 0.3 is 0 Å². The van der Waals surface area contributed by atoms with Crippen molar-refractivity contribution in [2.45, 2.75) is 20.3 Å². The minimum atomic E-state index is 0.324. The number of aromatic nitrogens is 3. The Labute approximate surface area is 99.1 Å². The summed E-state index contributed by atoms with van der Waals surface area (Å²) >= 11 is 0. The number of aryl methyl sites for hydroxylation is 2. The van der Waals surface area contributed by atoms with Gasteiger partial charge in [-0.25, -0.2) is 4.98 Å². The Bertz CT molecular complexity index is 619. The van der Waals surface area contributed by atoms with Gasteiger partial charge in [-0.1, -0.05) is 6.92 Å². The van der Waals surface area contributed by atoms with E-state index in [1.54, 1.807) is 7.05 Å². The molecule has 2 rings (SSSR count). The second-order valence-electron chi connectivity index (χ2n) is 3.74. The highest BCUT2D eigenvalue weighted by Gasteiger charge is 2.17. The van der Waals surface area contributed by atoms with Crippen molar-refractivity contribution in [1.82, 2.24) is 14.6 Å². The topological polar surface area (TPSA) is 92.0 Å². The highest BCUT2D eigenvalue weighted by atomic mass is 15.3. The molecule has 2 heterocycles. The van der Waals surface area contributed by atoms with E-state index in [2.05, 4.69) is 15.4 Å². The number of nitrogens with zero attached hydrogens (tertiary/aromatic N) is 4. The first-order chi connectivity index (χ1) is 8.13. The van der Waals surface area contributed by atoms with E-state index in [1.807, 2.05) is 19.9 Å². The maximum Gasteiger partial charge on any atom is 0.163 e. The molecule has 2 aromatic rings. The Balaban J connectivity index is 2.91. The molecule has 0 saturated heterocycles. The van der Waals surface area contributed by atoms with Crippen LogP contribution in [0.3, 0.4) is 0 Å². The summed E-state index contributed by atoms with van der Waals surface area (Å²) < 4.78 is 1.54. The third-order valence-corrected chi connectivity index (χ3v) is 2.80. The summed E-state index contributed by atoms with van der Waals surface area (Å²) in [6, 6.07) is 2.04. The van der Waals surface area contributed by atoms with Crippen molar-refractivity contribution in [1.29, 1.82) is 5.26 Å². The molecular formula is C11H14N6. The highest BCUT2D eigenvalue weighted by molar-refractivity contribution is 5.69. The van der Waals surface area contributed by atoms with E-state index in [9.17, 15) is 0 Å². The van der Waals surface area contributed by atoms with Gasteiger partial charge in [0.1, 0.15) is 23.3 Å². The van der Waals surface area contributed by atoms with Crippen LogP contribution in [0.4, 0.5) is 11.6 Å². The summed E-state index contributed by atoms with van der Waals surface area (Å²) in [5.74, 6) is 0.816. The van der Waals surface area contributed by atoms with E-state index in [-0.39, 0.29) is 0 Å². The van der Waals surface area contributed by atoms with Crippen molar-refractivity contribution < 1.29 is 0 Å². The van der Waals surface area contributed by atoms with Gasteiger partial charge in [0.15, 0.2) is 5.65 Å². The Kier molecular flexibility index (Phi) is 2.60. The molecule has 0 bridgehead atoms. The molecular weight excluding hydrogens is 216 g/mol. The molecule has 0 aromatic carbocycles. The number of rotatable bonds is 2. The summed E-state index contributed by atoms with van der Waals surface area (Å²) in [6.07, 6.45) is 0.830. The highest BCUT2D eigenvalue weighted by Crippen LogP contribution is 2.24. The van der Waals surface area contributed by atoms with Gasteiger partial charge in [-0.3, -0.25) is 0 Å². The van der Waals surface area contributed by atoms with Gasteiger partial charge in [0.2, 0.25) is 0 Å². The van der Waals surface area contributed by atoms with E-state index in [0.29, 0.717) is 22.8 Å². The predicted octanol–water partition coefficient (Wildman–Crippen LogP) is 1.10. The van der Waals surface area contributed by atoms with E-state index >= 15 is 0 Å². The summed E-state index contributed by atoms with van der Waals surface area (Å²) in [7, 11) is 1.72. The number of fused-ring (bicyclic) bond motifs is 1. The van der Waals surface area contributed by atoms with Crippen LogP contribution in [0.1, 0.15) is 23.7 Å². The molecule has 2 aromatic heterocycles. The van der Waals surface area contributed by atoms with Gasteiger partial charge in [-0.05, 0) is 13.3 Å². The molecule has 0 aliphatic heterocycles. The number of nitriles is 1. The quantitative estimate of drug-likeness (QED) is 0.805. The number of anilines is 2. The zero-order chi connectivity index (χ0) is 12.6. The van der Waals surface area contributed by atoms with Gasteiger partial charge < -0.3 is 11.1 Å². The SMILES string of the molecule is CCc1c(C)nn2c(N)c(C#N)c(NC)nc12. The molecule has 0 radical (unpaired) electrons. The molecule has 6 heteroatoms. The Morgan fingerprint density at radius 1 is 1.53 bits per heavy atom. The molecule has 0 fully saturated rings. The summed E-state index contributed by atoms with van der Waals surface area (Å²) in [6.45, 7) is 3.96. The van der Waals surface area contributed by atoms with E-state index < -0.39 is 0 Å². The second kappa shape index (κ2) is 3.94. The van der Waals surface area contributed by atoms with Gasteiger partial charge in [0.05, 0.1) is 5.69 Å². The molecule has 0 aliphatic carbocycles. The summed E-state index contributed by atoms with van der Waals surface area (Å²) in [5, 5.41) is 16.3. The minimum absolute atomic E-state index is 0.324. The zero-order valence-corrected chi connectivity index (χ0v) is 10.1. The van der Waals surface area contributed by atoms with Crippen molar-refractivity contribution in [2.24, 2.45) is 0 Å². The lowest BCUT2D eigenvalue weighted by molar-refractivity contribution is 0.925. The van der Waals surface area contributed by atoms with Crippen LogP contribution in [-0.4, -0.2) is 21.6 Å². The Hall–Kier alpha value is -2.29. The smallest absolute Gasteiger partial charge is 0.163 e. The lowest BCUT2D eigenvalue weighted by atomic mass is 10.2. The fraction of sp³-hybridized carbons (Fsp3) is 0.364. The van der Waals surface area contributed by atoms with Crippen LogP contribution in [0.25, 0.3) is 5.65 Å². The first-order valence-corrected chi connectivity index (χ1v) is 5.39. The fourth-order valence-corrected chi connectivity index (χ4v) is 1.92. The molecule has 0 atom stereocenters. The minimum Gasteiger partial charge on any atom is -0.382 e. The van der Waals surface area contributed by atoms with E-state index in [0.717, 1.165) is 17.7 Å². The average Bonchev–Trinajstić information content (AvgIpc) is 2.65. The van der Waals surface area contributed by atoms with Crippen LogP contribution in [0, 0.1) is 18.3 Å². The van der Waals surface area contributed by atoms with Crippen molar-refractivity contribution >= 4 is 17.3 Å². The number of nitrogens with two attached hydrogens (primary N) is 1. The van der Waals surface area contributed by atoms with Crippen molar-refractivity contribution in [2.75, 3.05) is 18.1 Å². The number of hydrogen-bond donors (Lipinski definition) is 2. The van der Waals surface area contributed by atoms with Crippen LogP contribution in [0.2, 0.25) is 0 Å². The van der Waals surface area contributed by atoms with Gasteiger partial charge in [0, 0.05) is 12.6 Å². The normalized spacial score (nSPS) is 10.5. The summed E-state index contributed by atoms with van der Waals surface area (Å²) in [5.41, 5.74) is 8.92. The van der Waals surface area contributed by atoms with Crippen LogP contribution >= 0.6 is 0 Å². The van der Waals surface area contributed by atoms with Gasteiger partial charge in [0.25, 0.3) is 0 Å². The molecule has 88 valence electrons. The largest absolute Gasteiger partial charge is 0.382 e. The number of nitrogen functional groups attached to an aromatic ring is 1. The zero-order valence-electron chi connectivity index (χ0n) is 10.1. The molecule has 0 spiro atoms. The maximum atomic E-state index is 9.07. The average molecular weight is 230 g/mol. The molecule has 6 nitrogen and oxygen atoms in total. The van der Waals surface area contributed by atoms with Gasteiger partial charge in [-0.2, -0.15) is 14.9 Å². The fourth-order valence-electron chi connectivity index (χ4n) is 1.92. The van der Waals surface area contributed by atoms with Crippen molar-refractivity contribution in [3.63, 3.8) is 0 Å². The van der Waals surface area contributed by atoms with Crippen LogP contribution < -0.4 is 11.1 Å². The predicted molar refractivity (Wildman–Crippen MR) is 65.8 cm³/mol. The first kappa shape index (κ1) is 11.2. The van der Waals surface area contributed by atoms with E-state index in [1.165, 1.54) is 4.52 Å². The monoisotopic (exact) mass is 230 g/mol. The standard InChI is InChI=1S/C11H14N6/c1-4-7-6(2)16-17-9(13)8(5-12)10(14-3)15-11(7)17/h4,13H2,1-3H3,(H,14,15). The maximum absolute atomic E-state index is 9.07. The second-order valence-corrected chi connectivity index (χ2v) is 3.74. The Morgan fingerprint density at radius 2 is 2.24 bits per heavy atom. The van der Waals surface area contributed by atoms with Gasteiger partial charge in [-0.15, -0.1) is 0 Å². The molecule has 3 N–H and O–H groups in total. The lowest BCUT2D eigenvalue weighted by Crippen LogP contribution is -2.08. The first-order valence-electron chi connectivity index (χ1n) is 5.39. The van der Waals surface area contributed by atoms with E-state index in [4.69, 9.17) is 11.0 Å². The molecule has 0 amide bonds. The van der Waals surface area contributed by atoms with Crippen LogP contribution in [0.5, 0.6) is 0 Å². The lowest BCUT2D eigenvalue weighted by Gasteiger charge is -2.07. The molecule has 17 heavy (non-hydrogen) atoms. The summed E-state index contributed by atoms with van der Waals surface area (Å²) in [4.78, 5) is 4.40. The molecule has 0 saturated carbocycles. The number of hydrogen-bond acceptors (Lipinski definition) is 5. The Morgan fingerprint density at radius 3 is 2.76 bits per heavy atom. The molecule has 0 aliphatic rings. The third kappa shape index (κ3) is 1.47. The van der Waals surface area contributed by atoms with Crippen LogP contribution in [-0.2, 0) is 6.42 Å². The molecule has 0 unspecified atom stereocenters. The number of nitrogens with one attached hydrogen (secondary N) is 1.